The van der Waals surface area contributed by atoms with Gasteiger partial charge in [0.15, 0.2) is 0 Å². The predicted octanol–water partition coefficient (Wildman–Crippen LogP) is 1.98. The molecule has 1 aromatic carbocycles. The van der Waals surface area contributed by atoms with Crippen molar-refractivity contribution in [3.05, 3.63) is 58.3 Å². The minimum Gasteiger partial charge on any atom is -0.457 e. The molecule has 82 valence electrons. The zero-order chi connectivity index (χ0) is 12.0. The topological polar surface area (TPSA) is 69.4 Å². The SMILES string of the molecule is C=C=CC(=O)OCc1ccc([N+](=O)[O-])cc1. The molecule has 0 unspecified atom stereocenters. The molecule has 5 nitrogen and oxygen atoms in total. The average Bonchev–Trinajstić information content (AvgIpc) is 2.27. The third kappa shape index (κ3) is 3.40. The van der Waals surface area contributed by atoms with Gasteiger partial charge < -0.3 is 4.74 Å². The van der Waals surface area contributed by atoms with Crippen molar-refractivity contribution in [3.8, 4) is 0 Å². The zero-order valence-corrected chi connectivity index (χ0v) is 8.38. The molecule has 5 heteroatoms. The standard InChI is InChI=1S/C11H9NO4/c1-2-3-11(13)16-8-9-4-6-10(7-5-9)12(14)15/h3-7H,1,8H2. The van der Waals surface area contributed by atoms with Crippen LogP contribution in [0.2, 0.25) is 0 Å². The van der Waals surface area contributed by atoms with E-state index in [1.807, 2.05) is 0 Å². The van der Waals surface area contributed by atoms with Gasteiger partial charge in [0.05, 0.1) is 11.0 Å². The van der Waals surface area contributed by atoms with Crippen LogP contribution in [0.1, 0.15) is 5.56 Å². The fourth-order valence-electron chi connectivity index (χ4n) is 0.993. The van der Waals surface area contributed by atoms with Crippen molar-refractivity contribution in [2.24, 2.45) is 0 Å². The van der Waals surface area contributed by atoms with E-state index in [0.29, 0.717) is 5.56 Å². The third-order valence-corrected chi connectivity index (χ3v) is 1.75. The highest BCUT2D eigenvalue weighted by atomic mass is 16.6. The molecular formula is C11H9NO4. The first kappa shape index (κ1) is 11.7. The lowest BCUT2D eigenvalue weighted by Gasteiger charge is -2.01. The first-order valence-corrected chi connectivity index (χ1v) is 4.39. The maximum Gasteiger partial charge on any atom is 0.338 e. The van der Waals surface area contributed by atoms with Gasteiger partial charge in [0, 0.05) is 12.1 Å². The summed E-state index contributed by atoms with van der Waals surface area (Å²) in [7, 11) is 0. The largest absolute Gasteiger partial charge is 0.457 e. The summed E-state index contributed by atoms with van der Waals surface area (Å²) in [6.07, 6.45) is 1.07. The number of hydrogen-bond donors (Lipinski definition) is 0. The number of carbonyl (C=O) groups is 1. The fourth-order valence-corrected chi connectivity index (χ4v) is 0.993. The molecule has 0 radical (unpaired) electrons. The summed E-state index contributed by atoms with van der Waals surface area (Å²) < 4.78 is 4.80. The molecule has 0 aliphatic carbocycles. The van der Waals surface area contributed by atoms with Crippen molar-refractivity contribution in [3.63, 3.8) is 0 Å². The highest BCUT2D eigenvalue weighted by Gasteiger charge is 2.04. The predicted molar refractivity (Wildman–Crippen MR) is 56.6 cm³/mol. The van der Waals surface area contributed by atoms with Gasteiger partial charge >= 0.3 is 5.97 Å². The van der Waals surface area contributed by atoms with Gasteiger partial charge in [0.1, 0.15) is 6.61 Å². The molecule has 0 atom stereocenters. The van der Waals surface area contributed by atoms with Crippen molar-refractivity contribution in [2.75, 3.05) is 0 Å². The van der Waals surface area contributed by atoms with E-state index in [9.17, 15) is 14.9 Å². The minimum atomic E-state index is -0.548. The third-order valence-electron chi connectivity index (χ3n) is 1.75. The Morgan fingerprint density at radius 1 is 1.50 bits per heavy atom. The van der Waals surface area contributed by atoms with E-state index < -0.39 is 10.9 Å². The molecule has 1 rings (SSSR count). The number of carbonyl (C=O) groups excluding carboxylic acids is 1. The Kier molecular flexibility index (Phi) is 4.00. The summed E-state index contributed by atoms with van der Waals surface area (Å²) in [6, 6.07) is 5.77. The first-order valence-electron chi connectivity index (χ1n) is 4.39. The summed E-state index contributed by atoms with van der Waals surface area (Å²) in [6.45, 7) is 3.29. The summed E-state index contributed by atoms with van der Waals surface area (Å²) >= 11 is 0. The molecule has 0 aromatic heterocycles. The van der Waals surface area contributed by atoms with Crippen LogP contribution < -0.4 is 0 Å². The molecule has 0 saturated heterocycles. The van der Waals surface area contributed by atoms with Gasteiger partial charge in [-0.2, -0.15) is 0 Å². The second-order valence-corrected chi connectivity index (χ2v) is 2.88. The Bertz CT molecular complexity index is 444. The number of rotatable bonds is 4. The molecule has 0 aliphatic rings. The number of nitro benzene ring substituents is 1. The van der Waals surface area contributed by atoms with Crippen LogP contribution in [0.5, 0.6) is 0 Å². The normalized spacial score (nSPS) is 9.00. The molecule has 0 fully saturated rings. The van der Waals surface area contributed by atoms with Gasteiger partial charge in [-0.3, -0.25) is 10.1 Å². The Morgan fingerprint density at radius 3 is 2.62 bits per heavy atom. The van der Waals surface area contributed by atoms with Crippen molar-refractivity contribution in [1.82, 2.24) is 0 Å². The van der Waals surface area contributed by atoms with Crippen LogP contribution in [0.15, 0.2) is 42.7 Å². The molecular weight excluding hydrogens is 210 g/mol. The second kappa shape index (κ2) is 5.48. The zero-order valence-electron chi connectivity index (χ0n) is 8.38. The van der Waals surface area contributed by atoms with Crippen molar-refractivity contribution >= 4 is 11.7 Å². The Labute approximate surface area is 91.8 Å². The lowest BCUT2D eigenvalue weighted by atomic mass is 10.2. The van der Waals surface area contributed by atoms with E-state index in [0.717, 1.165) is 6.08 Å². The van der Waals surface area contributed by atoms with E-state index in [1.54, 1.807) is 0 Å². The molecule has 0 N–H and O–H groups in total. The Morgan fingerprint density at radius 2 is 2.12 bits per heavy atom. The molecule has 16 heavy (non-hydrogen) atoms. The summed E-state index contributed by atoms with van der Waals surface area (Å²) in [4.78, 5) is 20.8. The van der Waals surface area contributed by atoms with Crippen LogP contribution in [-0.4, -0.2) is 10.9 Å². The molecule has 0 bridgehead atoms. The minimum absolute atomic E-state index is 0.000985. The van der Waals surface area contributed by atoms with Crippen LogP contribution in [0.4, 0.5) is 5.69 Å². The maximum absolute atomic E-state index is 10.9. The Balaban J connectivity index is 2.59. The van der Waals surface area contributed by atoms with Crippen LogP contribution in [0, 0.1) is 10.1 Å². The number of non-ortho nitro benzene ring substituents is 1. The average molecular weight is 219 g/mol. The van der Waals surface area contributed by atoms with Crippen LogP contribution in [0.3, 0.4) is 0 Å². The van der Waals surface area contributed by atoms with E-state index in [1.165, 1.54) is 24.3 Å². The number of ether oxygens (including phenoxy) is 1. The maximum atomic E-state index is 10.9. The van der Waals surface area contributed by atoms with Gasteiger partial charge in [0.2, 0.25) is 0 Å². The van der Waals surface area contributed by atoms with Gasteiger partial charge in [0.25, 0.3) is 5.69 Å². The van der Waals surface area contributed by atoms with Crippen LogP contribution in [-0.2, 0) is 16.1 Å². The quantitative estimate of drug-likeness (QED) is 0.255. The summed E-state index contributed by atoms with van der Waals surface area (Å²) in [5, 5.41) is 10.4. The number of esters is 1. The van der Waals surface area contributed by atoms with E-state index in [2.05, 4.69) is 12.3 Å². The van der Waals surface area contributed by atoms with E-state index in [4.69, 9.17) is 4.74 Å². The van der Waals surface area contributed by atoms with Gasteiger partial charge in [-0.25, -0.2) is 4.79 Å². The number of hydrogen-bond acceptors (Lipinski definition) is 4. The first-order chi connectivity index (χ1) is 7.63. The number of benzene rings is 1. The fraction of sp³-hybridized carbons (Fsp3) is 0.0909. The molecule has 0 heterocycles. The molecule has 1 aromatic rings. The Hall–Kier alpha value is -2.39. The number of nitro groups is 1. The molecule has 0 amide bonds. The highest BCUT2D eigenvalue weighted by Crippen LogP contribution is 2.12. The lowest BCUT2D eigenvalue weighted by molar-refractivity contribution is -0.384. The number of nitrogens with zero attached hydrogens (tertiary/aromatic N) is 1. The van der Waals surface area contributed by atoms with Crippen molar-refractivity contribution in [2.45, 2.75) is 6.61 Å². The van der Waals surface area contributed by atoms with Gasteiger partial charge in [-0.15, -0.1) is 5.73 Å². The molecule has 0 spiro atoms. The lowest BCUT2D eigenvalue weighted by Crippen LogP contribution is -2.00. The van der Waals surface area contributed by atoms with Crippen LogP contribution in [0.25, 0.3) is 0 Å². The van der Waals surface area contributed by atoms with Gasteiger partial charge in [-0.1, -0.05) is 6.58 Å². The highest BCUT2D eigenvalue weighted by molar-refractivity contribution is 5.81. The van der Waals surface area contributed by atoms with Gasteiger partial charge in [-0.05, 0) is 17.7 Å². The molecule has 0 saturated carbocycles. The molecule has 0 aliphatic heterocycles. The summed E-state index contributed by atoms with van der Waals surface area (Å²) in [5.41, 5.74) is 2.97. The van der Waals surface area contributed by atoms with Crippen molar-refractivity contribution < 1.29 is 14.5 Å². The smallest absolute Gasteiger partial charge is 0.338 e. The van der Waals surface area contributed by atoms with Crippen molar-refractivity contribution in [1.29, 1.82) is 0 Å². The second-order valence-electron chi connectivity index (χ2n) is 2.88. The summed E-state index contributed by atoms with van der Waals surface area (Å²) in [5.74, 6) is -0.548. The monoisotopic (exact) mass is 219 g/mol. The van der Waals surface area contributed by atoms with E-state index >= 15 is 0 Å². The van der Waals surface area contributed by atoms with Crippen LogP contribution >= 0.6 is 0 Å². The van der Waals surface area contributed by atoms with E-state index in [-0.39, 0.29) is 12.3 Å².